The summed E-state index contributed by atoms with van der Waals surface area (Å²) in [5, 5.41) is 1.14. The van der Waals surface area contributed by atoms with Crippen LogP contribution in [-0.2, 0) is 6.42 Å². The molecule has 2 aromatic rings. The van der Waals surface area contributed by atoms with Crippen molar-refractivity contribution in [3.63, 3.8) is 0 Å². The van der Waals surface area contributed by atoms with Gasteiger partial charge in [-0.25, -0.2) is 0 Å². The minimum atomic E-state index is 0.0444. The molecule has 0 amide bonds. The Labute approximate surface area is 140 Å². The third-order valence-corrected chi connectivity index (χ3v) is 4.85. The van der Waals surface area contributed by atoms with Gasteiger partial charge in [-0.05, 0) is 47.6 Å². The van der Waals surface area contributed by atoms with Crippen LogP contribution in [0.4, 0.5) is 0 Å². The SMILES string of the molecule is CCSc1ccc(C(Cc2ccc(Cl)c(Cl)c2)NN)cc1. The Bertz CT molecular complexity index is 587. The van der Waals surface area contributed by atoms with Crippen LogP contribution in [0.5, 0.6) is 0 Å². The summed E-state index contributed by atoms with van der Waals surface area (Å²) in [5.41, 5.74) is 5.12. The number of hydrazine groups is 1. The van der Waals surface area contributed by atoms with Crippen molar-refractivity contribution in [3.05, 3.63) is 63.6 Å². The maximum atomic E-state index is 6.06. The van der Waals surface area contributed by atoms with Gasteiger partial charge in [0.25, 0.3) is 0 Å². The number of benzene rings is 2. The van der Waals surface area contributed by atoms with Crippen molar-refractivity contribution in [2.45, 2.75) is 24.3 Å². The van der Waals surface area contributed by atoms with Gasteiger partial charge in [-0.2, -0.15) is 0 Å². The van der Waals surface area contributed by atoms with E-state index in [1.807, 2.05) is 30.0 Å². The summed E-state index contributed by atoms with van der Waals surface area (Å²) in [6.07, 6.45) is 0.758. The summed E-state index contributed by atoms with van der Waals surface area (Å²) in [5.74, 6) is 6.77. The number of thioether (sulfide) groups is 1. The number of hydrogen-bond acceptors (Lipinski definition) is 3. The Kier molecular flexibility index (Phi) is 6.40. The number of nitrogens with one attached hydrogen (secondary N) is 1. The summed E-state index contributed by atoms with van der Waals surface area (Å²) < 4.78 is 0. The van der Waals surface area contributed by atoms with Gasteiger partial charge in [0.15, 0.2) is 0 Å². The van der Waals surface area contributed by atoms with Crippen LogP contribution < -0.4 is 11.3 Å². The molecule has 2 rings (SSSR count). The van der Waals surface area contributed by atoms with Gasteiger partial charge >= 0.3 is 0 Å². The molecule has 5 heteroatoms. The Hall–Kier alpha value is -0.710. The van der Waals surface area contributed by atoms with Gasteiger partial charge in [-0.3, -0.25) is 11.3 Å². The molecule has 0 saturated heterocycles. The molecular formula is C16H18Cl2N2S. The van der Waals surface area contributed by atoms with Crippen molar-refractivity contribution in [2.75, 3.05) is 5.75 Å². The van der Waals surface area contributed by atoms with Gasteiger partial charge in [0.1, 0.15) is 0 Å². The molecule has 2 aromatic carbocycles. The highest BCUT2D eigenvalue weighted by molar-refractivity contribution is 7.99. The predicted octanol–water partition coefficient (Wildman–Crippen LogP) is 4.85. The van der Waals surface area contributed by atoms with Crippen LogP contribution in [0.2, 0.25) is 10.0 Å². The molecule has 112 valence electrons. The standard InChI is InChI=1S/C16H18Cl2N2S/c1-2-21-13-6-4-12(5-7-13)16(20-19)10-11-3-8-14(17)15(18)9-11/h3-9,16,20H,2,10,19H2,1H3. The predicted molar refractivity (Wildman–Crippen MR) is 93.1 cm³/mol. The van der Waals surface area contributed by atoms with E-state index in [0.29, 0.717) is 10.0 Å². The molecule has 0 heterocycles. The molecule has 0 aliphatic rings. The van der Waals surface area contributed by atoms with Gasteiger partial charge in [0.05, 0.1) is 10.0 Å². The fourth-order valence-electron chi connectivity index (χ4n) is 2.14. The third kappa shape index (κ3) is 4.63. The van der Waals surface area contributed by atoms with Crippen molar-refractivity contribution in [1.82, 2.24) is 5.43 Å². The molecule has 0 saturated carbocycles. The van der Waals surface area contributed by atoms with Crippen LogP contribution in [0, 0.1) is 0 Å². The first kappa shape index (κ1) is 16.7. The maximum absolute atomic E-state index is 6.06. The summed E-state index contributed by atoms with van der Waals surface area (Å²) in [7, 11) is 0. The molecule has 0 radical (unpaired) electrons. The molecule has 0 aromatic heterocycles. The van der Waals surface area contributed by atoms with Crippen LogP contribution >= 0.6 is 35.0 Å². The Morgan fingerprint density at radius 2 is 1.81 bits per heavy atom. The minimum Gasteiger partial charge on any atom is -0.271 e. The second-order valence-corrected chi connectivity index (χ2v) is 6.83. The lowest BCUT2D eigenvalue weighted by molar-refractivity contribution is 0.551. The van der Waals surface area contributed by atoms with E-state index in [1.165, 1.54) is 4.90 Å². The monoisotopic (exact) mass is 340 g/mol. The molecular weight excluding hydrogens is 323 g/mol. The van der Waals surface area contributed by atoms with Crippen LogP contribution in [0.15, 0.2) is 47.4 Å². The highest BCUT2D eigenvalue weighted by atomic mass is 35.5. The van der Waals surface area contributed by atoms with Crippen molar-refractivity contribution < 1.29 is 0 Å². The first-order valence-corrected chi connectivity index (χ1v) is 8.51. The lowest BCUT2D eigenvalue weighted by Crippen LogP contribution is -2.29. The lowest BCUT2D eigenvalue weighted by Gasteiger charge is -2.17. The third-order valence-electron chi connectivity index (χ3n) is 3.22. The lowest BCUT2D eigenvalue weighted by atomic mass is 9.99. The molecule has 0 aliphatic carbocycles. The summed E-state index contributed by atoms with van der Waals surface area (Å²) >= 11 is 13.8. The second kappa shape index (κ2) is 8.06. The van der Waals surface area contributed by atoms with Gasteiger partial charge in [-0.15, -0.1) is 11.8 Å². The average molecular weight is 341 g/mol. The van der Waals surface area contributed by atoms with Crippen LogP contribution in [-0.4, -0.2) is 5.75 Å². The Morgan fingerprint density at radius 3 is 2.38 bits per heavy atom. The molecule has 1 atom stereocenters. The number of nitrogens with two attached hydrogens (primary N) is 1. The van der Waals surface area contributed by atoms with E-state index in [-0.39, 0.29) is 6.04 Å². The molecule has 0 aliphatic heterocycles. The highest BCUT2D eigenvalue weighted by Gasteiger charge is 2.11. The summed E-state index contributed by atoms with van der Waals surface area (Å²) in [6.45, 7) is 2.15. The smallest absolute Gasteiger partial charge is 0.0595 e. The zero-order valence-electron chi connectivity index (χ0n) is 11.8. The van der Waals surface area contributed by atoms with E-state index < -0.39 is 0 Å². The number of hydrogen-bond donors (Lipinski definition) is 2. The van der Waals surface area contributed by atoms with Gasteiger partial charge in [-0.1, -0.05) is 48.3 Å². The van der Waals surface area contributed by atoms with E-state index in [9.17, 15) is 0 Å². The van der Waals surface area contributed by atoms with Crippen molar-refractivity contribution >= 4 is 35.0 Å². The number of halogens is 2. The van der Waals surface area contributed by atoms with E-state index in [0.717, 1.165) is 23.3 Å². The number of rotatable bonds is 6. The van der Waals surface area contributed by atoms with Crippen molar-refractivity contribution in [3.8, 4) is 0 Å². The van der Waals surface area contributed by atoms with Crippen LogP contribution in [0.25, 0.3) is 0 Å². The van der Waals surface area contributed by atoms with Crippen LogP contribution in [0.1, 0.15) is 24.1 Å². The van der Waals surface area contributed by atoms with Crippen LogP contribution in [0.3, 0.4) is 0 Å². The molecule has 3 N–H and O–H groups in total. The first-order chi connectivity index (χ1) is 10.1. The van der Waals surface area contributed by atoms with Crippen molar-refractivity contribution in [2.24, 2.45) is 5.84 Å². The highest BCUT2D eigenvalue weighted by Crippen LogP contribution is 2.26. The zero-order valence-corrected chi connectivity index (χ0v) is 14.1. The summed E-state index contributed by atoms with van der Waals surface area (Å²) in [6, 6.07) is 14.2. The van der Waals surface area contributed by atoms with Gasteiger partial charge in [0, 0.05) is 10.9 Å². The topological polar surface area (TPSA) is 38.0 Å². The minimum absolute atomic E-state index is 0.0444. The van der Waals surface area contributed by atoms with E-state index in [4.69, 9.17) is 29.0 Å². The molecule has 2 nitrogen and oxygen atoms in total. The molecule has 1 unspecified atom stereocenters. The van der Waals surface area contributed by atoms with Crippen molar-refractivity contribution in [1.29, 1.82) is 0 Å². The maximum Gasteiger partial charge on any atom is 0.0595 e. The fourth-order valence-corrected chi connectivity index (χ4v) is 3.12. The van der Waals surface area contributed by atoms with E-state index in [1.54, 1.807) is 0 Å². The molecule has 0 spiro atoms. The molecule has 21 heavy (non-hydrogen) atoms. The van der Waals surface area contributed by atoms with E-state index in [2.05, 4.69) is 36.6 Å². The quantitative estimate of drug-likeness (QED) is 0.448. The normalized spacial score (nSPS) is 12.4. The molecule has 0 bridgehead atoms. The largest absolute Gasteiger partial charge is 0.271 e. The Balaban J connectivity index is 2.13. The summed E-state index contributed by atoms with van der Waals surface area (Å²) in [4.78, 5) is 1.27. The van der Waals surface area contributed by atoms with Gasteiger partial charge in [0.2, 0.25) is 0 Å². The molecule has 0 fully saturated rings. The first-order valence-electron chi connectivity index (χ1n) is 6.77. The second-order valence-electron chi connectivity index (χ2n) is 4.67. The van der Waals surface area contributed by atoms with Gasteiger partial charge < -0.3 is 0 Å². The zero-order chi connectivity index (χ0) is 15.2. The average Bonchev–Trinajstić information content (AvgIpc) is 2.50. The fraction of sp³-hybridized carbons (Fsp3) is 0.250. The Morgan fingerprint density at radius 1 is 1.10 bits per heavy atom. The van der Waals surface area contributed by atoms with E-state index >= 15 is 0 Å².